The Morgan fingerprint density at radius 2 is 2.12 bits per heavy atom. The third kappa shape index (κ3) is 2.78. The van der Waals surface area contributed by atoms with E-state index >= 15 is 0 Å². The van der Waals surface area contributed by atoms with Crippen LogP contribution in [0.3, 0.4) is 0 Å². The minimum atomic E-state index is -0.997. The number of aryl methyl sites for hydroxylation is 2. The van der Waals surface area contributed by atoms with E-state index in [-0.39, 0.29) is 5.91 Å². The van der Waals surface area contributed by atoms with Gasteiger partial charge in [-0.15, -0.1) is 0 Å². The van der Waals surface area contributed by atoms with Crippen molar-refractivity contribution in [3.05, 3.63) is 41.7 Å². The molecule has 0 spiro atoms. The molecule has 4 nitrogen and oxygen atoms in total. The number of hydrogen-bond acceptors (Lipinski definition) is 4. The van der Waals surface area contributed by atoms with Crippen LogP contribution >= 0.6 is 11.3 Å². The van der Waals surface area contributed by atoms with Gasteiger partial charge in [0.1, 0.15) is 6.17 Å². The number of halogens is 1. The van der Waals surface area contributed by atoms with Crippen molar-refractivity contribution in [1.29, 1.82) is 0 Å². The molecule has 6 heteroatoms. The van der Waals surface area contributed by atoms with Gasteiger partial charge in [0.15, 0.2) is 5.13 Å². The molecule has 0 aliphatic heterocycles. The van der Waals surface area contributed by atoms with Gasteiger partial charge in [-0.25, -0.2) is 9.37 Å². The Morgan fingerprint density at radius 3 is 2.83 bits per heavy atom. The van der Waals surface area contributed by atoms with E-state index in [0.29, 0.717) is 11.6 Å². The molecule has 2 aromatic heterocycles. The number of hydrogen-bond donors (Lipinski definition) is 1. The number of aromatic nitrogens is 2. The maximum Gasteiger partial charge on any atom is 0.232 e. The number of nitrogens with zero attached hydrogens (tertiary/aromatic N) is 2. The standard InChI is InChI=1S/C18H16FN3OS/c1-9-5-10(2)20-8-13(9)11-3-4-15-16(6-11)24-18(21-15)22-17(23)12-7-14(12)19/h3-6,8,12,14H,7H2,1-2H3,(H,21,22,23)/t12-,14+/m1/s1. The summed E-state index contributed by atoms with van der Waals surface area (Å²) in [5, 5.41) is 3.24. The number of nitrogens with one attached hydrogen (secondary N) is 1. The second-order valence-corrected chi connectivity index (χ2v) is 7.22. The lowest BCUT2D eigenvalue weighted by Crippen LogP contribution is -2.14. The zero-order valence-electron chi connectivity index (χ0n) is 13.3. The Hall–Kier alpha value is -2.34. The average molecular weight is 341 g/mol. The zero-order chi connectivity index (χ0) is 16.8. The quantitative estimate of drug-likeness (QED) is 0.774. The van der Waals surface area contributed by atoms with Crippen LogP contribution in [0, 0.1) is 19.8 Å². The number of anilines is 1. The molecule has 1 aliphatic carbocycles. The monoisotopic (exact) mass is 341 g/mol. The van der Waals surface area contributed by atoms with Gasteiger partial charge in [0.25, 0.3) is 0 Å². The van der Waals surface area contributed by atoms with Crippen LogP contribution in [0.15, 0.2) is 30.5 Å². The minimum absolute atomic E-state index is 0.277. The Balaban J connectivity index is 1.64. The van der Waals surface area contributed by atoms with Crippen LogP contribution in [-0.4, -0.2) is 22.0 Å². The Bertz CT molecular complexity index is 953. The van der Waals surface area contributed by atoms with Gasteiger partial charge in [0.2, 0.25) is 5.91 Å². The van der Waals surface area contributed by atoms with E-state index in [9.17, 15) is 9.18 Å². The van der Waals surface area contributed by atoms with Crippen molar-refractivity contribution < 1.29 is 9.18 Å². The fourth-order valence-electron chi connectivity index (χ4n) is 2.78. The molecule has 0 unspecified atom stereocenters. The van der Waals surface area contributed by atoms with E-state index in [1.165, 1.54) is 16.9 Å². The number of pyridine rings is 1. The number of rotatable bonds is 3. The highest BCUT2D eigenvalue weighted by molar-refractivity contribution is 7.22. The zero-order valence-corrected chi connectivity index (χ0v) is 14.2. The lowest BCUT2D eigenvalue weighted by atomic mass is 10.0. The van der Waals surface area contributed by atoms with Crippen molar-refractivity contribution in [2.75, 3.05) is 5.32 Å². The van der Waals surface area contributed by atoms with Crippen molar-refractivity contribution in [3.63, 3.8) is 0 Å². The molecule has 24 heavy (non-hydrogen) atoms. The van der Waals surface area contributed by atoms with E-state index in [1.54, 1.807) is 0 Å². The van der Waals surface area contributed by atoms with Gasteiger partial charge in [0.05, 0.1) is 16.1 Å². The predicted molar refractivity (Wildman–Crippen MR) is 94.0 cm³/mol. The van der Waals surface area contributed by atoms with Crippen molar-refractivity contribution in [2.24, 2.45) is 5.92 Å². The molecule has 3 aromatic rings. The van der Waals surface area contributed by atoms with Gasteiger partial charge < -0.3 is 5.32 Å². The first kappa shape index (κ1) is 15.2. The lowest BCUT2D eigenvalue weighted by molar-refractivity contribution is -0.117. The summed E-state index contributed by atoms with van der Waals surface area (Å²) in [6, 6.07) is 8.05. The number of fused-ring (bicyclic) bond motifs is 1. The van der Waals surface area contributed by atoms with Gasteiger partial charge in [0, 0.05) is 17.5 Å². The Kier molecular flexibility index (Phi) is 3.57. The summed E-state index contributed by atoms with van der Waals surface area (Å²) < 4.78 is 13.9. The molecule has 0 saturated heterocycles. The van der Waals surface area contributed by atoms with Crippen LogP contribution in [0.2, 0.25) is 0 Å². The molecule has 0 radical (unpaired) electrons. The Labute approximate surface area is 142 Å². The topological polar surface area (TPSA) is 54.9 Å². The van der Waals surface area contributed by atoms with Crippen molar-refractivity contribution in [1.82, 2.24) is 9.97 Å². The second-order valence-electron chi connectivity index (χ2n) is 6.19. The molecule has 0 bridgehead atoms. The summed E-state index contributed by atoms with van der Waals surface area (Å²) in [5.41, 5.74) is 5.14. The van der Waals surface area contributed by atoms with E-state index in [1.807, 2.05) is 25.3 Å². The van der Waals surface area contributed by atoms with Gasteiger partial charge >= 0.3 is 0 Å². The van der Waals surface area contributed by atoms with Crippen LogP contribution in [0.5, 0.6) is 0 Å². The van der Waals surface area contributed by atoms with Crippen molar-refractivity contribution in [2.45, 2.75) is 26.4 Å². The lowest BCUT2D eigenvalue weighted by Gasteiger charge is -2.06. The predicted octanol–water partition coefficient (Wildman–Crippen LogP) is 4.27. The highest BCUT2D eigenvalue weighted by Crippen LogP contribution is 2.36. The molecule has 4 rings (SSSR count). The van der Waals surface area contributed by atoms with E-state index in [2.05, 4.69) is 34.3 Å². The Morgan fingerprint density at radius 1 is 1.33 bits per heavy atom. The number of carbonyl (C=O) groups excluding carboxylic acids is 1. The van der Waals surface area contributed by atoms with Crippen LogP contribution in [0.25, 0.3) is 21.3 Å². The van der Waals surface area contributed by atoms with Gasteiger partial charge in [-0.3, -0.25) is 9.78 Å². The normalized spacial score (nSPS) is 19.5. The number of alkyl halides is 1. The summed E-state index contributed by atoms with van der Waals surface area (Å²) in [5.74, 6) is -0.783. The molecule has 1 N–H and O–H groups in total. The van der Waals surface area contributed by atoms with E-state index < -0.39 is 12.1 Å². The van der Waals surface area contributed by atoms with Gasteiger partial charge in [-0.2, -0.15) is 0 Å². The molecule has 1 aromatic carbocycles. The summed E-state index contributed by atoms with van der Waals surface area (Å²) in [6.45, 7) is 4.04. The largest absolute Gasteiger partial charge is 0.302 e. The van der Waals surface area contributed by atoms with Crippen LogP contribution in [-0.2, 0) is 4.79 Å². The summed E-state index contributed by atoms with van der Waals surface area (Å²) >= 11 is 1.40. The first-order valence-corrected chi connectivity index (χ1v) is 8.62. The van der Waals surface area contributed by atoms with Crippen LogP contribution in [0.4, 0.5) is 9.52 Å². The van der Waals surface area contributed by atoms with Crippen molar-refractivity contribution >= 4 is 32.6 Å². The molecule has 1 amide bonds. The third-order valence-corrected chi connectivity index (χ3v) is 5.16. The maximum atomic E-state index is 13.0. The summed E-state index contributed by atoms with van der Waals surface area (Å²) in [6.07, 6.45) is 1.20. The molecule has 1 saturated carbocycles. The van der Waals surface area contributed by atoms with Crippen LogP contribution in [0.1, 0.15) is 17.7 Å². The molecule has 122 valence electrons. The first-order valence-electron chi connectivity index (χ1n) is 7.80. The van der Waals surface area contributed by atoms with Gasteiger partial charge in [-0.1, -0.05) is 17.4 Å². The molecule has 1 fully saturated rings. The number of thiazole rings is 1. The minimum Gasteiger partial charge on any atom is -0.302 e. The fraction of sp³-hybridized carbons (Fsp3) is 0.278. The second kappa shape index (κ2) is 5.63. The number of carbonyl (C=O) groups is 1. The highest BCUT2D eigenvalue weighted by atomic mass is 32.1. The molecule has 2 heterocycles. The molecular formula is C18H16FN3OS. The van der Waals surface area contributed by atoms with Crippen LogP contribution < -0.4 is 5.32 Å². The first-order chi connectivity index (χ1) is 11.5. The summed E-state index contributed by atoms with van der Waals surface area (Å²) in [7, 11) is 0. The average Bonchev–Trinajstić information content (AvgIpc) is 3.13. The fourth-order valence-corrected chi connectivity index (χ4v) is 3.69. The molecule has 1 aliphatic rings. The molecule has 2 atom stereocenters. The smallest absolute Gasteiger partial charge is 0.232 e. The highest BCUT2D eigenvalue weighted by Gasteiger charge is 2.43. The number of benzene rings is 1. The summed E-state index contributed by atoms with van der Waals surface area (Å²) in [4.78, 5) is 20.6. The van der Waals surface area contributed by atoms with E-state index in [0.717, 1.165) is 27.0 Å². The van der Waals surface area contributed by atoms with Crippen molar-refractivity contribution in [3.8, 4) is 11.1 Å². The van der Waals surface area contributed by atoms with E-state index in [4.69, 9.17) is 0 Å². The van der Waals surface area contributed by atoms with Gasteiger partial charge in [-0.05, 0) is 49.6 Å². The number of amides is 1. The SMILES string of the molecule is Cc1cc(C)c(-c2ccc3nc(NC(=O)[C@@H]4C[C@@H]4F)sc3c2)cn1. The third-order valence-electron chi connectivity index (χ3n) is 4.23. The maximum absolute atomic E-state index is 13.0. The molecular weight excluding hydrogens is 325 g/mol.